The lowest BCUT2D eigenvalue weighted by atomic mass is 10.5. The van der Waals surface area contributed by atoms with E-state index < -0.39 is 22.6 Å². The molecule has 5 nitrogen and oxygen atoms in total. The highest BCUT2D eigenvalue weighted by Crippen LogP contribution is 2.26. The zero-order valence-corrected chi connectivity index (χ0v) is 13.2. The van der Waals surface area contributed by atoms with E-state index in [9.17, 15) is 21.6 Å². The monoisotopic (exact) mass is 356 g/mol. The summed E-state index contributed by atoms with van der Waals surface area (Å²) in [4.78, 5) is 3.95. The van der Waals surface area contributed by atoms with E-state index in [1.165, 1.54) is 22.6 Å². The molecule has 1 fully saturated rings. The maximum Gasteiger partial charge on any atom is 0.389 e. The van der Waals surface area contributed by atoms with E-state index in [0.29, 0.717) is 18.2 Å². The van der Waals surface area contributed by atoms with Crippen molar-refractivity contribution in [1.29, 1.82) is 0 Å². The van der Waals surface area contributed by atoms with Crippen molar-refractivity contribution in [2.45, 2.75) is 22.5 Å². The summed E-state index contributed by atoms with van der Waals surface area (Å²) in [5.74, 6) is -0.147. The molecule has 2 heterocycles. The Balaban J connectivity index is 1.99. The van der Waals surface area contributed by atoms with Crippen molar-refractivity contribution in [1.82, 2.24) is 9.29 Å². The second-order valence-corrected chi connectivity index (χ2v) is 7.62. The minimum absolute atomic E-state index is 0.0366. The second-order valence-electron chi connectivity index (χ2n) is 4.56. The fourth-order valence-corrected chi connectivity index (χ4v) is 4.00. The maximum absolute atomic E-state index is 12.3. The third-order valence-corrected chi connectivity index (χ3v) is 5.78. The number of morpholine rings is 1. The molecule has 10 heteroatoms. The number of aromatic nitrogens is 1. The van der Waals surface area contributed by atoms with Gasteiger partial charge in [0, 0.05) is 25.0 Å². The Morgan fingerprint density at radius 2 is 1.95 bits per heavy atom. The van der Waals surface area contributed by atoms with Gasteiger partial charge in [-0.3, -0.25) is 0 Å². The molecule has 0 spiro atoms. The first-order valence-corrected chi connectivity index (χ1v) is 8.95. The van der Waals surface area contributed by atoms with E-state index in [1.807, 2.05) is 0 Å². The quantitative estimate of drug-likeness (QED) is 0.757. The predicted octanol–water partition coefficient (Wildman–Crippen LogP) is 2.15. The van der Waals surface area contributed by atoms with E-state index in [0.717, 1.165) is 11.8 Å². The Morgan fingerprint density at radius 3 is 2.50 bits per heavy atom. The summed E-state index contributed by atoms with van der Waals surface area (Å²) >= 11 is 0.943. The molecule has 0 aromatic carbocycles. The first-order valence-electron chi connectivity index (χ1n) is 6.52. The first-order chi connectivity index (χ1) is 10.3. The molecular weight excluding hydrogens is 341 g/mol. The molecule has 0 N–H and O–H groups in total. The van der Waals surface area contributed by atoms with Crippen LogP contribution in [0.2, 0.25) is 0 Å². The topological polar surface area (TPSA) is 59.5 Å². The second kappa shape index (κ2) is 7.16. The van der Waals surface area contributed by atoms with Crippen LogP contribution in [0, 0.1) is 0 Å². The summed E-state index contributed by atoms with van der Waals surface area (Å²) < 4.78 is 67.2. The minimum atomic E-state index is -4.20. The Hall–Kier alpha value is -0.840. The smallest absolute Gasteiger partial charge is 0.379 e. The highest BCUT2D eigenvalue weighted by atomic mass is 32.2. The average molecular weight is 356 g/mol. The van der Waals surface area contributed by atoms with Crippen LogP contribution in [0.4, 0.5) is 13.2 Å². The zero-order chi connectivity index (χ0) is 16.2. The molecule has 0 saturated carbocycles. The van der Waals surface area contributed by atoms with Gasteiger partial charge < -0.3 is 4.74 Å². The number of alkyl halides is 3. The molecule has 1 aromatic rings. The third kappa shape index (κ3) is 4.83. The molecule has 1 aliphatic rings. The van der Waals surface area contributed by atoms with Crippen molar-refractivity contribution in [2.75, 3.05) is 32.1 Å². The molecule has 2 rings (SSSR count). The van der Waals surface area contributed by atoms with Crippen LogP contribution in [0.15, 0.2) is 28.3 Å². The van der Waals surface area contributed by atoms with Gasteiger partial charge in [-0.05, 0) is 12.1 Å². The Bertz CT molecular complexity index is 585. The molecule has 0 unspecified atom stereocenters. The molecule has 0 aliphatic carbocycles. The Labute approximate surface area is 130 Å². The average Bonchev–Trinajstić information content (AvgIpc) is 2.47. The fourth-order valence-electron chi connectivity index (χ4n) is 1.81. The molecule has 22 heavy (non-hydrogen) atoms. The van der Waals surface area contributed by atoms with Gasteiger partial charge in [-0.15, -0.1) is 11.8 Å². The number of hydrogen-bond acceptors (Lipinski definition) is 5. The van der Waals surface area contributed by atoms with E-state index in [4.69, 9.17) is 4.74 Å². The van der Waals surface area contributed by atoms with Gasteiger partial charge in [0.15, 0.2) is 0 Å². The van der Waals surface area contributed by atoms with Crippen molar-refractivity contribution in [3.8, 4) is 0 Å². The van der Waals surface area contributed by atoms with Crippen LogP contribution in [-0.4, -0.2) is 55.9 Å². The van der Waals surface area contributed by atoms with Gasteiger partial charge in [0.1, 0.15) is 4.90 Å². The van der Waals surface area contributed by atoms with Crippen molar-refractivity contribution in [2.24, 2.45) is 0 Å². The van der Waals surface area contributed by atoms with Gasteiger partial charge in [0.05, 0.1) is 24.7 Å². The molecule has 1 aliphatic heterocycles. The number of rotatable bonds is 5. The Morgan fingerprint density at radius 1 is 1.27 bits per heavy atom. The fraction of sp³-hybridized carbons (Fsp3) is 0.583. The van der Waals surface area contributed by atoms with Crippen molar-refractivity contribution >= 4 is 21.8 Å². The summed E-state index contributed by atoms with van der Waals surface area (Å²) in [5.41, 5.74) is 0. The SMILES string of the molecule is O=S(=O)(c1ccc(SCCC(F)(F)F)nc1)N1CCOCC1. The first kappa shape index (κ1) is 17.5. The molecule has 0 atom stereocenters. The van der Waals surface area contributed by atoms with Crippen LogP contribution >= 0.6 is 11.8 Å². The van der Waals surface area contributed by atoms with E-state index >= 15 is 0 Å². The predicted molar refractivity (Wildman–Crippen MR) is 75.2 cm³/mol. The molecule has 1 aromatic heterocycles. The Kier molecular flexibility index (Phi) is 5.70. The number of sulfonamides is 1. The van der Waals surface area contributed by atoms with E-state index in [-0.39, 0.29) is 23.7 Å². The minimum Gasteiger partial charge on any atom is -0.379 e. The van der Waals surface area contributed by atoms with Crippen LogP contribution in [0.3, 0.4) is 0 Å². The largest absolute Gasteiger partial charge is 0.389 e. The van der Waals surface area contributed by atoms with Crippen molar-refractivity contribution in [3.05, 3.63) is 18.3 Å². The molecule has 0 bridgehead atoms. The van der Waals surface area contributed by atoms with Crippen LogP contribution in [0.25, 0.3) is 0 Å². The van der Waals surface area contributed by atoms with Crippen molar-refractivity contribution in [3.63, 3.8) is 0 Å². The van der Waals surface area contributed by atoms with Gasteiger partial charge in [-0.2, -0.15) is 17.5 Å². The van der Waals surface area contributed by atoms with Gasteiger partial charge in [-0.25, -0.2) is 13.4 Å². The van der Waals surface area contributed by atoms with Gasteiger partial charge in [0.25, 0.3) is 0 Å². The lowest BCUT2D eigenvalue weighted by Gasteiger charge is -2.25. The van der Waals surface area contributed by atoms with Crippen LogP contribution in [-0.2, 0) is 14.8 Å². The maximum atomic E-state index is 12.3. The van der Waals surface area contributed by atoms with E-state index in [1.54, 1.807) is 0 Å². The lowest BCUT2D eigenvalue weighted by molar-refractivity contribution is -0.129. The molecular formula is C12H15F3N2O3S2. The van der Waals surface area contributed by atoms with Gasteiger partial charge in [-0.1, -0.05) is 0 Å². The summed E-state index contributed by atoms with van der Waals surface area (Å²) in [6.07, 6.45) is -3.93. The van der Waals surface area contributed by atoms with Gasteiger partial charge >= 0.3 is 6.18 Å². The summed E-state index contributed by atoms with van der Waals surface area (Å²) in [7, 11) is -3.62. The lowest BCUT2D eigenvalue weighted by Crippen LogP contribution is -2.40. The number of thioether (sulfide) groups is 1. The summed E-state index contributed by atoms with van der Waals surface area (Å²) in [6.45, 7) is 1.25. The van der Waals surface area contributed by atoms with Crippen LogP contribution < -0.4 is 0 Å². The number of hydrogen-bond donors (Lipinski definition) is 0. The van der Waals surface area contributed by atoms with E-state index in [2.05, 4.69) is 4.98 Å². The van der Waals surface area contributed by atoms with Gasteiger partial charge in [0.2, 0.25) is 10.0 Å². The molecule has 0 radical (unpaired) electrons. The number of nitrogens with zero attached hydrogens (tertiary/aromatic N) is 2. The zero-order valence-electron chi connectivity index (χ0n) is 11.5. The third-order valence-electron chi connectivity index (χ3n) is 2.95. The summed E-state index contributed by atoms with van der Waals surface area (Å²) in [6, 6.07) is 2.79. The standard InChI is InChI=1S/C12H15F3N2O3S2/c13-12(14,15)3-8-21-11-2-1-10(9-16-11)22(18,19)17-4-6-20-7-5-17/h1-2,9H,3-8H2. The highest BCUT2D eigenvalue weighted by molar-refractivity contribution is 7.99. The molecule has 1 saturated heterocycles. The van der Waals surface area contributed by atoms with Crippen LogP contribution in [0.1, 0.15) is 6.42 Å². The highest BCUT2D eigenvalue weighted by Gasteiger charge is 2.27. The van der Waals surface area contributed by atoms with Crippen molar-refractivity contribution < 1.29 is 26.3 Å². The molecule has 124 valence electrons. The van der Waals surface area contributed by atoms with Crippen LogP contribution in [0.5, 0.6) is 0 Å². The number of ether oxygens (including phenoxy) is 1. The normalized spacial score (nSPS) is 17.6. The summed E-state index contributed by atoms with van der Waals surface area (Å²) in [5, 5.41) is 0.366. The number of pyridine rings is 1. The molecule has 0 amide bonds. The number of halogens is 3.